The van der Waals surface area contributed by atoms with Crippen LogP contribution in [0.1, 0.15) is 19.3 Å². The van der Waals surface area contributed by atoms with E-state index in [2.05, 4.69) is 0 Å². The molecular weight excluding hydrogens is 248 g/mol. The Morgan fingerprint density at radius 1 is 1.00 bits per heavy atom. The maximum absolute atomic E-state index is 9.51. The number of rotatable bonds is 5. The van der Waals surface area contributed by atoms with Crippen molar-refractivity contribution in [2.75, 3.05) is 21.3 Å². The first-order valence-corrected chi connectivity index (χ1v) is 6.32. The maximum atomic E-state index is 9.51. The predicted molar refractivity (Wildman–Crippen MR) is 70.4 cm³/mol. The van der Waals surface area contributed by atoms with Crippen molar-refractivity contribution < 1.29 is 24.1 Å². The van der Waals surface area contributed by atoms with E-state index < -0.39 is 0 Å². The van der Waals surface area contributed by atoms with Gasteiger partial charge in [0, 0.05) is 18.6 Å². The van der Waals surface area contributed by atoms with Crippen LogP contribution >= 0.6 is 0 Å². The van der Waals surface area contributed by atoms with E-state index in [-0.39, 0.29) is 12.2 Å². The van der Waals surface area contributed by atoms with E-state index in [9.17, 15) is 5.11 Å². The first kappa shape index (κ1) is 13.8. The first-order valence-electron chi connectivity index (χ1n) is 6.32. The van der Waals surface area contributed by atoms with E-state index in [1.54, 1.807) is 33.5 Å². The van der Waals surface area contributed by atoms with Gasteiger partial charge >= 0.3 is 0 Å². The molecule has 0 radical (unpaired) electrons. The summed E-state index contributed by atoms with van der Waals surface area (Å²) in [6.45, 7) is 0. The average molecular weight is 268 g/mol. The summed E-state index contributed by atoms with van der Waals surface area (Å²) in [5.74, 6) is 2.34. The Morgan fingerprint density at radius 2 is 1.63 bits per heavy atom. The number of benzene rings is 1. The lowest BCUT2D eigenvalue weighted by molar-refractivity contribution is 0.149. The van der Waals surface area contributed by atoms with Crippen LogP contribution in [-0.2, 0) is 0 Å². The van der Waals surface area contributed by atoms with Gasteiger partial charge in [0.1, 0.15) is 11.9 Å². The van der Waals surface area contributed by atoms with Gasteiger partial charge in [-0.25, -0.2) is 0 Å². The van der Waals surface area contributed by atoms with Gasteiger partial charge in [-0.15, -0.1) is 0 Å². The molecule has 0 amide bonds. The van der Waals surface area contributed by atoms with Crippen LogP contribution in [0.5, 0.6) is 23.0 Å². The second kappa shape index (κ2) is 6.02. The topological polar surface area (TPSA) is 57.2 Å². The molecule has 1 aliphatic rings. The van der Waals surface area contributed by atoms with Crippen LogP contribution in [0.2, 0.25) is 0 Å². The summed E-state index contributed by atoms with van der Waals surface area (Å²) in [5, 5.41) is 9.51. The minimum atomic E-state index is -0.257. The third-order valence-electron chi connectivity index (χ3n) is 3.30. The van der Waals surface area contributed by atoms with Gasteiger partial charge < -0.3 is 24.1 Å². The fourth-order valence-corrected chi connectivity index (χ4v) is 2.34. The van der Waals surface area contributed by atoms with E-state index in [4.69, 9.17) is 18.9 Å². The second-order valence-corrected chi connectivity index (χ2v) is 4.57. The summed E-state index contributed by atoms with van der Waals surface area (Å²) in [4.78, 5) is 0. The van der Waals surface area contributed by atoms with Gasteiger partial charge in [-0.2, -0.15) is 0 Å². The largest absolute Gasteiger partial charge is 0.493 e. The molecule has 0 spiro atoms. The summed E-state index contributed by atoms with van der Waals surface area (Å²) in [6.07, 6.45) is 2.09. The highest BCUT2D eigenvalue weighted by Crippen LogP contribution is 2.41. The van der Waals surface area contributed by atoms with Crippen molar-refractivity contribution in [2.45, 2.75) is 31.5 Å². The summed E-state index contributed by atoms with van der Waals surface area (Å²) < 4.78 is 21.7. The molecule has 1 aromatic carbocycles. The Bertz CT molecular complexity index is 407. The van der Waals surface area contributed by atoms with Crippen molar-refractivity contribution in [1.29, 1.82) is 0 Å². The number of ether oxygens (including phenoxy) is 4. The Balaban J connectivity index is 2.21. The molecule has 2 rings (SSSR count). The monoisotopic (exact) mass is 268 g/mol. The Morgan fingerprint density at radius 3 is 2.05 bits per heavy atom. The van der Waals surface area contributed by atoms with Crippen molar-refractivity contribution >= 4 is 0 Å². The Hall–Kier alpha value is -1.62. The van der Waals surface area contributed by atoms with Gasteiger partial charge in [-0.05, 0) is 12.8 Å². The fourth-order valence-electron chi connectivity index (χ4n) is 2.34. The van der Waals surface area contributed by atoms with Gasteiger partial charge in [-0.1, -0.05) is 0 Å². The molecule has 1 aromatic rings. The average Bonchev–Trinajstić information content (AvgIpc) is 2.82. The highest BCUT2D eigenvalue weighted by Gasteiger charge is 2.25. The van der Waals surface area contributed by atoms with E-state index >= 15 is 0 Å². The zero-order valence-electron chi connectivity index (χ0n) is 11.5. The number of hydrogen-bond acceptors (Lipinski definition) is 5. The number of aliphatic hydroxyl groups is 1. The third kappa shape index (κ3) is 3.04. The molecule has 1 aliphatic carbocycles. The number of hydrogen-bond donors (Lipinski definition) is 1. The molecular formula is C14H20O5. The Labute approximate surface area is 113 Å². The summed E-state index contributed by atoms with van der Waals surface area (Å²) in [6, 6.07) is 3.54. The molecule has 1 N–H and O–H groups in total. The molecule has 106 valence electrons. The van der Waals surface area contributed by atoms with Crippen LogP contribution in [0, 0.1) is 0 Å². The molecule has 2 unspecified atom stereocenters. The minimum Gasteiger partial charge on any atom is -0.493 e. The zero-order valence-corrected chi connectivity index (χ0v) is 11.5. The normalized spacial score (nSPS) is 22.1. The minimum absolute atomic E-state index is 0.0396. The van der Waals surface area contributed by atoms with Crippen molar-refractivity contribution in [3.63, 3.8) is 0 Å². The van der Waals surface area contributed by atoms with E-state index in [0.717, 1.165) is 12.8 Å². The van der Waals surface area contributed by atoms with Crippen LogP contribution in [0.25, 0.3) is 0 Å². The molecule has 0 bridgehead atoms. The van der Waals surface area contributed by atoms with Crippen LogP contribution in [0.4, 0.5) is 0 Å². The lowest BCUT2D eigenvalue weighted by atomic mass is 10.2. The molecule has 0 saturated heterocycles. The predicted octanol–water partition coefficient (Wildman–Crippen LogP) is 2.00. The summed E-state index contributed by atoms with van der Waals surface area (Å²) in [5.41, 5.74) is 0. The quantitative estimate of drug-likeness (QED) is 0.885. The molecule has 1 saturated carbocycles. The van der Waals surface area contributed by atoms with Gasteiger partial charge in [0.25, 0.3) is 0 Å². The van der Waals surface area contributed by atoms with Crippen molar-refractivity contribution in [2.24, 2.45) is 0 Å². The molecule has 0 aromatic heterocycles. The van der Waals surface area contributed by atoms with Gasteiger partial charge in [-0.3, -0.25) is 0 Å². The van der Waals surface area contributed by atoms with E-state index in [0.29, 0.717) is 29.4 Å². The second-order valence-electron chi connectivity index (χ2n) is 4.57. The SMILES string of the molecule is COc1cc(OC2CCC(O)C2)cc(OC)c1OC. The number of aliphatic hydroxyl groups excluding tert-OH is 1. The van der Waals surface area contributed by atoms with Crippen molar-refractivity contribution in [3.05, 3.63) is 12.1 Å². The third-order valence-corrected chi connectivity index (χ3v) is 3.30. The zero-order chi connectivity index (χ0) is 13.8. The molecule has 0 heterocycles. The molecule has 2 atom stereocenters. The standard InChI is InChI=1S/C14H20O5/c1-16-12-7-11(8-13(17-2)14(12)18-3)19-10-5-4-9(15)6-10/h7-10,15H,4-6H2,1-3H3. The lowest BCUT2D eigenvalue weighted by Crippen LogP contribution is -2.13. The van der Waals surface area contributed by atoms with E-state index in [1.165, 1.54) is 0 Å². The van der Waals surface area contributed by atoms with Gasteiger partial charge in [0.15, 0.2) is 11.5 Å². The highest BCUT2D eigenvalue weighted by atomic mass is 16.5. The molecule has 19 heavy (non-hydrogen) atoms. The van der Waals surface area contributed by atoms with E-state index in [1.807, 2.05) is 0 Å². The summed E-state index contributed by atoms with van der Waals surface area (Å²) >= 11 is 0. The molecule has 5 nitrogen and oxygen atoms in total. The Kier molecular flexibility index (Phi) is 4.37. The fraction of sp³-hybridized carbons (Fsp3) is 0.571. The van der Waals surface area contributed by atoms with Gasteiger partial charge in [0.2, 0.25) is 5.75 Å². The van der Waals surface area contributed by atoms with Crippen LogP contribution in [-0.4, -0.2) is 38.6 Å². The van der Waals surface area contributed by atoms with Crippen LogP contribution in [0.15, 0.2) is 12.1 Å². The van der Waals surface area contributed by atoms with Crippen LogP contribution in [0.3, 0.4) is 0 Å². The van der Waals surface area contributed by atoms with Gasteiger partial charge in [0.05, 0.1) is 27.4 Å². The van der Waals surface area contributed by atoms with Crippen molar-refractivity contribution in [1.82, 2.24) is 0 Å². The number of methoxy groups -OCH3 is 3. The van der Waals surface area contributed by atoms with Crippen molar-refractivity contribution in [3.8, 4) is 23.0 Å². The molecule has 1 fully saturated rings. The first-order chi connectivity index (χ1) is 9.17. The lowest BCUT2D eigenvalue weighted by Gasteiger charge is -2.17. The smallest absolute Gasteiger partial charge is 0.203 e. The van der Waals surface area contributed by atoms with Crippen LogP contribution < -0.4 is 18.9 Å². The highest BCUT2D eigenvalue weighted by molar-refractivity contribution is 5.55. The molecule has 0 aliphatic heterocycles. The maximum Gasteiger partial charge on any atom is 0.203 e. The summed E-state index contributed by atoms with van der Waals surface area (Å²) in [7, 11) is 4.70. The molecule has 5 heteroatoms.